The minimum atomic E-state index is -3.59. The number of aliphatic hydroxyl groups is 1. The van der Waals surface area contributed by atoms with E-state index in [1.165, 1.54) is 0 Å². The average Bonchev–Trinajstić information content (AvgIpc) is 2.48. The number of nitrogens with one attached hydrogen (secondary N) is 1. The first-order valence-electron chi connectivity index (χ1n) is 5.92. The highest BCUT2D eigenvalue weighted by Crippen LogP contribution is 2.18. The molecule has 0 bridgehead atoms. The molecule has 6 heteroatoms. The Bertz CT molecular complexity index is 667. The number of hydrogen-bond donors (Lipinski definition) is 2. The molecule has 0 aliphatic carbocycles. The molecular weight excluding hydrogens is 342 g/mol. The lowest BCUT2D eigenvalue weighted by Gasteiger charge is -2.09. The topological polar surface area (TPSA) is 66.4 Å². The second kappa shape index (κ2) is 6.39. The van der Waals surface area contributed by atoms with Gasteiger partial charge in [-0.25, -0.2) is 8.42 Å². The zero-order valence-electron chi connectivity index (χ0n) is 10.6. The van der Waals surface area contributed by atoms with Gasteiger partial charge in [-0.3, -0.25) is 4.72 Å². The van der Waals surface area contributed by atoms with Crippen LogP contribution in [0.15, 0.2) is 53.4 Å². The molecule has 0 aliphatic rings. The van der Waals surface area contributed by atoms with Crippen molar-refractivity contribution in [1.82, 2.24) is 0 Å². The first-order chi connectivity index (χ1) is 9.55. The van der Waals surface area contributed by atoms with Crippen molar-refractivity contribution in [3.63, 3.8) is 0 Å². The largest absolute Gasteiger partial charge is 0.392 e. The molecule has 0 saturated heterocycles. The molecule has 0 unspecified atom stereocenters. The lowest BCUT2D eigenvalue weighted by molar-refractivity contribution is 0.282. The summed E-state index contributed by atoms with van der Waals surface area (Å²) in [5.74, 6) is 0. The maximum absolute atomic E-state index is 12.2. The molecule has 4 nitrogen and oxygen atoms in total. The highest BCUT2D eigenvalue weighted by molar-refractivity contribution is 9.08. The number of anilines is 1. The lowest BCUT2D eigenvalue weighted by Crippen LogP contribution is -2.12. The molecular formula is C14H14BrNO3S. The summed E-state index contributed by atoms with van der Waals surface area (Å²) in [7, 11) is -3.59. The molecule has 2 N–H and O–H groups in total. The van der Waals surface area contributed by atoms with E-state index in [9.17, 15) is 8.42 Å². The van der Waals surface area contributed by atoms with E-state index >= 15 is 0 Å². The molecule has 0 radical (unpaired) electrons. The standard InChI is InChI=1S/C14H14BrNO3S/c15-9-11-3-7-14(8-4-11)20(18,19)16-13-5-1-12(10-17)2-6-13/h1-8,16-17H,9-10H2. The summed E-state index contributed by atoms with van der Waals surface area (Å²) >= 11 is 3.31. The maximum atomic E-state index is 12.2. The molecule has 2 aromatic carbocycles. The SMILES string of the molecule is O=S(=O)(Nc1ccc(CO)cc1)c1ccc(CBr)cc1. The van der Waals surface area contributed by atoms with E-state index in [1.54, 1.807) is 48.5 Å². The first kappa shape index (κ1) is 15.0. The molecule has 0 spiro atoms. The molecule has 0 aliphatic heterocycles. The summed E-state index contributed by atoms with van der Waals surface area (Å²) in [4.78, 5) is 0.216. The van der Waals surface area contributed by atoms with Gasteiger partial charge in [0.15, 0.2) is 0 Å². The molecule has 0 saturated carbocycles. The Kier molecular flexibility index (Phi) is 4.80. The van der Waals surface area contributed by atoms with Gasteiger partial charge in [0.2, 0.25) is 0 Å². The summed E-state index contributed by atoms with van der Waals surface area (Å²) in [6.45, 7) is -0.0684. The number of aliphatic hydroxyl groups excluding tert-OH is 1. The van der Waals surface area contributed by atoms with Crippen molar-refractivity contribution in [2.45, 2.75) is 16.8 Å². The molecule has 20 heavy (non-hydrogen) atoms. The number of benzene rings is 2. The van der Waals surface area contributed by atoms with Gasteiger partial charge in [0.25, 0.3) is 10.0 Å². The molecule has 0 atom stereocenters. The van der Waals surface area contributed by atoms with Crippen LogP contribution in [0.1, 0.15) is 11.1 Å². The summed E-state index contributed by atoms with van der Waals surface area (Å²) in [5.41, 5.74) is 2.21. The quantitative estimate of drug-likeness (QED) is 0.810. The number of rotatable bonds is 5. The predicted molar refractivity (Wildman–Crippen MR) is 82.2 cm³/mol. The first-order valence-corrected chi connectivity index (χ1v) is 8.53. The summed E-state index contributed by atoms with van der Waals surface area (Å²) in [6.07, 6.45) is 0. The monoisotopic (exact) mass is 355 g/mol. The van der Waals surface area contributed by atoms with Crippen molar-refractivity contribution in [1.29, 1.82) is 0 Å². The minimum Gasteiger partial charge on any atom is -0.392 e. The van der Waals surface area contributed by atoms with Crippen LogP contribution in [0, 0.1) is 0 Å². The van der Waals surface area contributed by atoms with E-state index in [0.717, 1.165) is 11.1 Å². The second-order valence-corrected chi connectivity index (χ2v) is 6.48. The fourth-order valence-electron chi connectivity index (χ4n) is 1.65. The van der Waals surface area contributed by atoms with Crippen molar-refractivity contribution in [2.75, 3.05) is 4.72 Å². The van der Waals surface area contributed by atoms with Gasteiger partial charge in [-0.15, -0.1) is 0 Å². The van der Waals surface area contributed by atoms with Crippen molar-refractivity contribution in [3.8, 4) is 0 Å². The van der Waals surface area contributed by atoms with Gasteiger partial charge in [-0.05, 0) is 35.4 Å². The fourth-order valence-corrected chi connectivity index (χ4v) is 3.08. The molecule has 0 amide bonds. The van der Waals surface area contributed by atoms with E-state index < -0.39 is 10.0 Å². The molecule has 2 aromatic rings. The maximum Gasteiger partial charge on any atom is 0.261 e. The molecule has 0 fully saturated rings. The number of sulfonamides is 1. The van der Waals surface area contributed by atoms with E-state index in [1.807, 2.05) is 0 Å². The van der Waals surface area contributed by atoms with Gasteiger partial charge in [-0.2, -0.15) is 0 Å². The van der Waals surface area contributed by atoms with Crippen LogP contribution in [0.3, 0.4) is 0 Å². The zero-order valence-corrected chi connectivity index (χ0v) is 13.0. The third-order valence-electron chi connectivity index (χ3n) is 2.78. The van der Waals surface area contributed by atoms with E-state index in [0.29, 0.717) is 11.0 Å². The Morgan fingerprint density at radius 1 is 0.950 bits per heavy atom. The predicted octanol–water partition coefficient (Wildman–Crippen LogP) is 2.87. The van der Waals surface area contributed by atoms with E-state index in [2.05, 4.69) is 20.7 Å². The number of alkyl halides is 1. The zero-order chi connectivity index (χ0) is 14.6. The van der Waals surface area contributed by atoms with Crippen molar-refractivity contribution >= 4 is 31.6 Å². The van der Waals surface area contributed by atoms with Crippen molar-refractivity contribution in [3.05, 3.63) is 59.7 Å². The van der Waals surface area contributed by atoms with Crippen LogP contribution >= 0.6 is 15.9 Å². The molecule has 106 valence electrons. The van der Waals surface area contributed by atoms with Crippen LogP contribution in [0.5, 0.6) is 0 Å². The fraction of sp³-hybridized carbons (Fsp3) is 0.143. The van der Waals surface area contributed by atoms with Gasteiger partial charge in [0.1, 0.15) is 0 Å². The molecule has 2 rings (SSSR count). The van der Waals surface area contributed by atoms with Crippen LogP contribution < -0.4 is 4.72 Å². The smallest absolute Gasteiger partial charge is 0.261 e. The molecule has 0 aromatic heterocycles. The summed E-state index contributed by atoms with van der Waals surface area (Å²) < 4.78 is 26.9. The Balaban J connectivity index is 2.20. The highest BCUT2D eigenvalue weighted by atomic mass is 79.9. The van der Waals surface area contributed by atoms with Gasteiger partial charge in [-0.1, -0.05) is 40.2 Å². The summed E-state index contributed by atoms with van der Waals surface area (Å²) in [6, 6.07) is 13.3. The van der Waals surface area contributed by atoms with Crippen LogP contribution in [0.25, 0.3) is 0 Å². The van der Waals surface area contributed by atoms with E-state index in [4.69, 9.17) is 5.11 Å². The van der Waals surface area contributed by atoms with Gasteiger partial charge in [0, 0.05) is 11.0 Å². The third-order valence-corrected chi connectivity index (χ3v) is 4.82. The number of halogens is 1. The molecule has 0 heterocycles. The normalized spacial score (nSPS) is 11.3. The van der Waals surface area contributed by atoms with Crippen molar-refractivity contribution < 1.29 is 13.5 Å². The Labute approximate surface area is 126 Å². The highest BCUT2D eigenvalue weighted by Gasteiger charge is 2.13. The van der Waals surface area contributed by atoms with Gasteiger partial charge in [0.05, 0.1) is 11.5 Å². The van der Waals surface area contributed by atoms with Crippen LogP contribution in [-0.4, -0.2) is 13.5 Å². The van der Waals surface area contributed by atoms with Crippen LogP contribution in [0.2, 0.25) is 0 Å². The van der Waals surface area contributed by atoms with Crippen molar-refractivity contribution in [2.24, 2.45) is 0 Å². The third kappa shape index (κ3) is 3.59. The van der Waals surface area contributed by atoms with Gasteiger partial charge >= 0.3 is 0 Å². The Morgan fingerprint density at radius 3 is 2.00 bits per heavy atom. The average molecular weight is 356 g/mol. The lowest BCUT2D eigenvalue weighted by atomic mass is 10.2. The Hall–Kier alpha value is -1.37. The van der Waals surface area contributed by atoms with Crippen LogP contribution in [-0.2, 0) is 22.0 Å². The number of hydrogen-bond acceptors (Lipinski definition) is 3. The van der Waals surface area contributed by atoms with Gasteiger partial charge < -0.3 is 5.11 Å². The van der Waals surface area contributed by atoms with E-state index in [-0.39, 0.29) is 11.5 Å². The summed E-state index contributed by atoms with van der Waals surface area (Å²) in [5, 5.41) is 9.63. The second-order valence-electron chi connectivity index (χ2n) is 4.24. The minimum absolute atomic E-state index is 0.0684. The Morgan fingerprint density at radius 2 is 1.50 bits per heavy atom. The van der Waals surface area contributed by atoms with Crippen LogP contribution in [0.4, 0.5) is 5.69 Å².